The number of rotatable bonds is 4. The van der Waals surface area contributed by atoms with Crippen LogP contribution in [0.1, 0.15) is 53.4 Å². The number of aromatic nitrogens is 2. The maximum absolute atomic E-state index is 12.7. The van der Waals surface area contributed by atoms with Gasteiger partial charge in [-0.05, 0) is 47.0 Å². The molecule has 2 aliphatic heterocycles. The van der Waals surface area contributed by atoms with E-state index < -0.39 is 23.6 Å². The third-order valence-corrected chi connectivity index (χ3v) is 5.27. The van der Waals surface area contributed by atoms with Gasteiger partial charge < -0.3 is 19.3 Å². The first-order valence-corrected chi connectivity index (χ1v) is 10.1. The molecule has 0 aromatic carbocycles. The SMILES string of the molecule is C[C@H](OC(=O)[C@@H]1CC(=O)N(c2cn[nH]c2)C1)[C@@H]1CCCCN1C(=O)OC(C)(C)C. The van der Waals surface area contributed by atoms with Crippen LogP contribution in [-0.4, -0.2) is 63.9 Å². The summed E-state index contributed by atoms with van der Waals surface area (Å²) in [4.78, 5) is 40.8. The van der Waals surface area contributed by atoms with E-state index in [0.29, 0.717) is 12.2 Å². The molecule has 9 heteroatoms. The van der Waals surface area contributed by atoms with E-state index in [1.807, 2.05) is 20.8 Å². The molecule has 3 rings (SSSR count). The molecule has 160 valence electrons. The number of hydrogen-bond acceptors (Lipinski definition) is 6. The number of piperidine rings is 1. The van der Waals surface area contributed by atoms with E-state index in [1.165, 1.54) is 4.90 Å². The average molecular weight is 406 g/mol. The van der Waals surface area contributed by atoms with Crippen LogP contribution in [0.15, 0.2) is 12.4 Å². The van der Waals surface area contributed by atoms with Gasteiger partial charge in [-0.2, -0.15) is 5.10 Å². The molecule has 0 radical (unpaired) electrons. The Morgan fingerprint density at radius 3 is 2.72 bits per heavy atom. The van der Waals surface area contributed by atoms with E-state index in [0.717, 1.165) is 19.3 Å². The van der Waals surface area contributed by atoms with Crippen molar-refractivity contribution in [1.82, 2.24) is 15.1 Å². The second kappa shape index (κ2) is 8.42. The fraction of sp³-hybridized carbons (Fsp3) is 0.700. The molecule has 29 heavy (non-hydrogen) atoms. The van der Waals surface area contributed by atoms with Gasteiger partial charge in [0.2, 0.25) is 5.91 Å². The lowest BCUT2D eigenvalue weighted by atomic mass is 9.98. The zero-order chi connectivity index (χ0) is 21.2. The fourth-order valence-electron chi connectivity index (χ4n) is 3.86. The summed E-state index contributed by atoms with van der Waals surface area (Å²) in [5.41, 5.74) is 0.0569. The molecule has 2 amide bonds. The summed E-state index contributed by atoms with van der Waals surface area (Å²) < 4.78 is 11.2. The van der Waals surface area contributed by atoms with Gasteiger partial charge in [-0.15, -0.1) is 0 Å². The van der Waals surface area contributed by atoms with Crippen molar-refractivity contribution in [2.45, 2.75) is 71.1 Å². The topological polar surface area (TPSA) is 105 Å². The highest BCUT2D eigenvalue weighted by atomic mass is 16.6. The lowest BCUT2D eigenvalue weighted by Gasteiger charge is -2.39. The number of hydrogen-bond donors (Lipinski definition) is 1. The summed E-state index contributed by atoms with van der Waals surface area (Å²) in [5, 5.41) is 6.51. The summed E-state index contributed by atoms with van der Waals surface area (Å²) in [7, 11) is 0. The number of nitrogens with zero attached hydrogens (tertiary/aromatic N) is 3. The summed E-state index contributed by atoms with van der Waals surface area (Å²) in [5.74, 6) is -1.07. The van der Waals surface area contributed by atoms with E-state index in [9.17, 15) is 14.4 Å². The van der Waals surface area contributed by atoms with E-state index in [1.54, 1.807) is 24.2 Å². The van der Waals surface area contributed by atoms with Crippen molar-refractivity contribution in [2.75, 3.05) is 18.0 Å². The number of nitrogens with one attached hydrogen (secondary N) is 1. The van der Waals surface area contributed by atoms with Gasteiger partial charge in [0.05, 0.1) is 23.8 Å². The molecular formula is C20H30N4O5. The third kappa shape index (κ3) is 5.07. The van der Waals surface area contributed by atoms with Gasteiger partial charge in [-0.3, -0.25) is 14.7 Å². The van der Waals surface area contributed by atoms with Crippen molar-refractivity contribution in [3.05, 3.63) is 12.4 Å². The number of likely N-dealkylation sites (tertiary alicyclic amines) is 1. The Hall–Kier alpha value is -2.58. The molecule has 3 atom stereocenters. The molecule has 0 unspecified atom stereocenters. The fourth-order valence-corrected chi connectivity index (χ4v) is 3.86. The van der Waals surface area contributed by atoms with Gasteiger partial charge in [0, 0.05) is 25.7 Å². The lowest BCUT2D eigenvalue weighted by Crippen LogP contribution is -2.51. The van der Waals surface area contributed by atoms with Crippen LogP contribution in [-0.2, 0) is 19.1 Å². The van der Waals surface area contributed by atoms with E-state index in [4.69, 9.17) is 9.47 Å². The van der Waals surface area contributed by atoms with Crippen LogP contribution < -0.4 is 4.90 Å². The molecular weight excluding hydrogens is 376 g/mol. The van der Waals surface area contributed by atoms with Crippen molar-refractivity contribution in [1.29, 1.82) is 0 Å². The number of amides is 2. The van der Waals surface area contributed by atoms with E-state index in [2.05, 4.69) is 10.2 Å². The molecule has 0 bridgehead atoms. The standard InChI is InChI=1S/C20H30N4O5/c1-13(16-7-5-6-8-23(16)19(27)29-20(2,3)4)28-18(26)14-9-17(25)24(12-14)15-10-21-22-11-15/h10-11,13-14,16H,5-9,12H2,1-4H3,(H,21,22)/t13-,14+,16-/m0/s1. The van der Waals surface area contributed by atoms with Crippen LogP contribution in [0, 0.1) is 5.92 Å². The van der Waals surface area contributed by atoms with Gasteiger partial charge >= 0.3 is 12.1 Å². The average Bonchev–Trinajstić information content (AvgIpc) is 3.29. The van der Waals surface area contributed by atoms with Gasteiger partial charge in [-0.25, -0.2) is 4.79 Å². The van der Waals surface area contributed by atoms with Crippen LogP contribution in [0.25, 0.3) is 0 Å². The summed E-state index contributed by atoms with van der Waals surface area (Å²) in [6.07, 6.45) is 5.02. The number of carbonyl (C=O) groups is 3. The molecule has 1 aromatic rings. The van der Waals surface area contributed by atoms with Crippen molar-refractivity contribution < 1.29 is 23.9 Å². The Balaban J connectivity index is 1.60. The molecule has 9 nitrogen and oxygen atoms in total. The first-order chi connectivity index (χ1) is 13.7. The minimum absolute atomic E-state index is 0.108. The molecule has 0 aliphatic carbocycles. The molecule has 2 fully saturated rings. The van der Waals surface area contributed by atoms with Gasteiger partial charge in [-0.1, -0.05) is 0 Å². The molecule has 1 N–H and O–H groups in total. The number of carbonyl (C=O) groups excluding carboxylic acids is 3. The Kier molecular flexibility index (Phi) is 6.14. The minimum Gasteiger partial charge on any atom is -0.460 e. The van der Waals surface area contributed by atoms with Gasteiger partial charge in [0.25, 0.3) is 0 Å². The van der Waals surface area contributed by atoms with Crippen LogP contribution in [0.5, 0.6) is 0 Å². The zero-order valence-electron chi connectivity index (χ0n) is 17.5. The first-order valence-electron chi connectivity index (χ1n) is 10.1. The summed E-state index contributed by atoms with van der Waals surface area (Å²) in [6.45, 7) is 8.14. The van der Waals surface area contributed by atoms with E-state index in [-0.39, 0.29) is 31.0 Å². The maximum atomic E-state index is 12.7. The zero-order valence-corrected chi connectivity index (χ0v) is 17.5. The summed E-state index contributed by atoms with van der Waals surface area (Å²) >= 11 is 0. The molecule has 1 aromatic heterocycles. The Bertz CT molecular complexity index is 743. The largest absolute Gasteiger partial charge is 0.460 e. The highest BCUT2D eigenvalue weighted by Crippen LogP contribution is 2.28. The highest BCUT2D eigenvalue weighted by Gasteiger charge is 2.40. The van der Waals surface area contributed by atoms with Crippen molar-refractivity contribution >= 4 is 23.7 Å². The van der Waals surface area contributed by atoms with Crippen molar-refractivity contribution in [3.8, 4) is 0 Å². The quantitative estimate of drug-likeness (QED) is 0.770. The number of anilines is 1. The monoisotopic (exact) mass is 406 g/mol. The number of aromatic amines is 1. The van der Waals surface area contributed by atoms with E-state index >= 15 is 0 Å². The normalized spacial score (nSPS) is 23.8. The second-order valence-electron chi connectivity index (χ2n) is 8.74. The van der Waals surface area contributed by atoms with Crippen molar-refractivity contribution in [3.63, 3.8) is 0 Å². The van der Waals surface area contributed by atoms with Crippen LogP contribution in [0.2, 0.25) is 0 Å². The van der Waals surface area contributed by atoms with Crippen LogP contribution in [0.3, 0.4) is 0 Å². The Morgan fingerprint density at radius 2 is 2.07 bits per heavy atom. The predicted octanol–water partition coefficient (Wildman–Crippen LogP) is 2.48. The maximum Gasteiger partial charge on any atom is 0.410 e. The molecule has 3 heterocycles. The number of ether oxygens (including phenoxy) is 2. The lowest BCUT2D eigenvalue weighted by molar-refractivity contribution is -0.156. The smallest absolute Gasteiger partial charge is 0.410 e. The third-order valence-electron chi connectivity index (χ3n) is 5.27. The van der Waals surface area contributed by atoms with Gasteiger partial charge in [0.15, 0.2) is 0 Å². The number of H-pyrrole nitrogens is 1. The van der Waals surface area contributed by atoms with Crippen LogP contribution in [0.4, 0.5) is 10.5 Å². The summed E-state index contributed by atoms with van der Waals surface area (Å²) in [6, 6.07) is -0.232. The molecule has 0 spiro atoms. The van der Waals surface area contributed by atoms with Gasteiger partial charge in [0.1, 0.15) is 11.7 Å². The Labute approximate surface area is 170 Å². The predicted molar refractivity (Wildman–Crippen MR) is 105 cm³/mol. The minimum atomic E-state index is -0.584. The number of esters is 1. The highest BCUT2D eigenvalue weighted by molar-refractivity contribution is 5.99. The molecule has 2 saturated heterocycles. The molecule has 2 aliphatic rings. The van der Waals surface area contributed by atoms with Crippen LogP contribution >= 0.6 is 0 Å². The second-order valence-corrected chi connectivity index (χ2v) is 8.74. The molecule has 0 saturated carbocycles. The van der Waals surface area contributed by atoms with Crippen molar-refractivity contribution in [2.24, 2.45) is 5.92 Å². The Morgan fingerprint density at radius 1 is 1.31 bits per heavy atom. The first kappa shape index (κ1) is 21.1.